The van der Waals surface area contributed by atoms with Crippen LogP contribution in [0.1, 0.15) is 0 Å². The highest BCUT2D eigenvalue weighted by Gasteiger charge is 2.20. The zero-order chi connectivity index (χ0) is 13.9. The number of hydrogen-bond donors (Lipinski definition) is 3. The summed E-state index contributed by atoms with van der Waals surface area (Å²) in [5, 5.41) is -0.179. The molecule has 0 aliphatic heterocycles. The number of nitrogen functional groups attached to an aromatic ring is 1. The average Bonchev–Trinajstić information content (AvgIpc) is 2.41. The molecule has 4 N–H and O–H groups in total. The third-order valence-electron chi connectivity index (χ3n) is 2.20. The number of aromatic nitrogens is 2. The highest BCUT2D eigenvalue weighted by Crippen LogP contribution is 2.25. The molecule has 0 atom stereocenters. The molecule has 7 nitrogen and oxygen atoms in total. The number of nitrogens with two attached hydrogens (primary N) is 1. The summed E-state index contributed by atoms with van der Waals surface area (Å²) in [6, 6.07) is 4.62. The van der Waals surface area contributed by atoms with E-state index in [9.17, 15) is 8.42 Å². The molecule has 0 aliphatic carbocycles. The van der Waals surface area contributed by atoms with E-state index in [4.69, 9.17) is 5.84 Å². The second kappa shape index (κ2) is 5.51. The quantitative estimate of drug-likeness (QED) is 0.570. The molecule has 0 spiro atoms. The van der Waals surface area contributed by atoms with Crippen LogP contribution >= 0.6 is 15.9 Å². The predicted molar refractivity (Wildman–Crippen MR) is 74.8 cm³/mol. The number of halogens is 1. The van der Waals surface area contributed by atoms with E-state index >= 15 is 0 Å². The summed E-state index contributed by atoms with van der Waals surface area (Å²) < 4.78 is 27.4. The monoisotopic (exact) mass is 343 g/mol. The number of rotatable bonds is 4. The van der Waals surface area contributed by atoms with Crippen molar-refractivity contribution in [2.45, 2.75) is 5.03 Å². The zero-order valence-electron chi connectivity index (χ0n) is 9.54. The molecule has 2 heterocycles. The molecular formula is C10H10BrN5O2S. The number of nitrogens with one attached hydrogen (secondary N) is 2. The largest absolute Gasteiger partial charge is 0.321 e. The van der Waals surface area contributed by atoms with Crippen LogP contribution in [0.15, 0.2) is 46.3 Å². The lowest BCUT2D eigenvalue weighted by Crippen LogP contribution is -2.19. The topological polar surface area (TPSA) is 110 Å². The van der Waals surface area contributed by atoms with Gasteiger partial charge in [0.05, 0.1) is 15.8 Å². The van der Waals surface area contributed by atoms with Crippen molar-refractivity contribution >= 4 is 37.3 Å². The summed E-state index contributed by atoms with van der Waals surface area (Å²) in [5.41, 5.74) is 2.87. The molecule has 0 radical (unpaired) electrons. The van der Waals surface area contributed by atoms with E-state index in [0.717, 1.165) is 0 Å². The van der Waals surface area contributed by atoms with E-state index in [0.29, 0.717) is 10.2 Å². The van der Waals surface area contributed by atoms with Crippen molar-refractivity contribution in [3.05, 3.63) is 41.3 Å². The third kappa shape index (κ3) is 3.00. The molecule has 2 aromatic heterocycles. The molecule has 0 bridgehead atoms. The molecule has 0 unspecified atom stereocenters. The average molecular weight is 344 g/mol. The highest BCUT2D eigenvalue weighted by atomic mass is 79.9. The van der Waals surface area contributed by atoms with Crippen LogP contribution in [0.3, 0.4) is 0 Å². The molecule has 0 fully saturated rings. The molecular weight excluding hydrogens is 334 g/mol. The Labute approximate surface area is 118 Å². The van der Waals surface area contributed by atoms with Gasteiger partial charge >= 0.3 is 0 Å². The normalized spacial score (nSPS) is 11.1. The van der Waals surface area contributed by atoms with Crippen molar-refractivity contribution in [1.29, 1.82) is 0 Å². The van der Waals surface area contributed by atoms with Gasteiger partial charge in [0.15, 0.2) is 0 Å². The Bertz CT molecular complexity index is 692. The second-order valence-electron chi connectivity index (χ2n) is 3.46. The Balaban J connectivity index is 2.41. The van der Waals surface area contributed by atoms with Crippen molar-refractivity contribution in [1.82, 2.24) is 9.97 Å². The summed E-state index contributed by atoms with van der Waals surface area (Å²) >= 11 is 3.21. The van der Waals surface area contributed by atoms with Gasteiger partial charge in [-0.15, -0.1) is 0 Å². The van der Waals surface area contributed by atoms with Crippen molar-refractivity contribution < 1.29 is 8.42 Å². The molecule has 0 saturated heterocycles. The van der Waals surface area contributed by atoms with E-state index in [1.54, 1.807) is 6.07 Å². The van der Waals surface area contributed by atoms with Crippen LogP contribution in [0, 0.1) is 0 Å². The predicted octanol–water partition coefficient (Wildman–Crippen LogP) is 1.33. The van der Waals surface area contributed by atoms with Crippen LogP contribution in [0.25, 0.3) is 0 Å². The first kappa shape index (κ1) is 13.7. The summed E-state index contributed by atoms with van der Waals surface area (Å²) in [5.74, 6) is 5.27. The van der Waals surface area contributed by atoms with E-state index in [1.165, 1.54) is 30.7 Å². The number of anilines is 2. The molecule has 2 rings (SSSR count). The first-order chi connectivity index (χ1) is 9.04. The van der Waals surface area contributed by atoms with E-state index in [-0.39, 0.29) is 10.7 Å². The Kier molecular flexibility index (Phi) is 3.98. The maximum atomic E-state index is 12.2. The lowest BCUT2D eigenvalue weighted by Gasteiger charge is -2.11. The standard InChI is InChI=1S/C10H10BrN5O2S/c11-7-6-13-5-3-8(7)16-19(17,18)10-9(15-12)2-1-4-14-10/h1-6,15H,12H2,(H,13,16). The van der Waals surface area contributed by atoms with Crippen molar-refractivity contribution in [2.75, 3.05) is 10.1 Å². The zero-order valence-corrected chi connectivity index (χ0v) is 11.9. The fourth-order valence-electron chi connectivity index (χ4n) is 1.37. The highest BCUT2D eigenvalue weighted by molar-refractivity contribution is 9.10. The van der Waals surface area contributed by atoms with Gasteiger partial charge in [-0.25, -0.2) is 4.98 Å². The Hall–Kier alpha value is -1.71. The van der Waals surface area contributed by atoms with Gasteiger partial charge in [0.1, 0.15) is 0 Å². The summed E-state index contributed by atoms with van der Waals surface area (Å²) in [6.07, 6.45) is 4.33. The third-order valence-corrected chi connectivity index (χ3v) is 4.15. The van der Waals surface area contributed by atoms with Gasteiger partial charge in [0.2, 0.25) is 5.03 Å². The Morgan fingerprint density at radius 2 is 2.00 bits per heavy atom. The first-order valence-corrected chi connectivity index (χ1v) is 7.36. The second-order valence-corrected chi connectivity index (χ2v) is 5.91. The maximum absolute atomic E-state index is 12.2. The van der Waals surface area contributed by atoms with E-state index in [2.05, 4.69) is 36.0 Å². The molecule has 9 heteroatoms. The molecule has 2 aromatic rings. The van der Waals surface area contributed by atoms with Crippen LogP contribution in [0.5, 0.6) is 0 Å². The Morgan fingerprint density at radius 3 is 2.68 bits per heavy atom. The minimum absolute atomic E-state index is 0.179. The van der Waals surface area contributed by atoms with Crippen molar-refractivity contribution in [3.8, 4) is 0 Å². The molecule has 0 aromatic carbocycles. The van der Waals surface area contributed by atoms with Gasteiger partial charge in [0, 0.05) is 18.6 Å². The summed E-state index contributed by atoms with van der Waals surface area (Å²) in [7, 11) is -3.84. The van der Waals surface area contributed by atoms with E-state index < -0.39 is 10.0 Å². The summed E-state index contributed by atoms with van der Waals surface area (Å²) in [4.78, 5) is 7.67. The Morgan fingerprint density at radius 1 is 1.21 bits per heavy atom. The van der Waals surface area contributed by atoms with Gasteiger partial charge in [0.25, 0.3) is 10.0 Å². The van der Waals surface area contributed by atoms with Gasteiger partial charge in [-0.1, -0.05) is 0 Å². The van der Waals surface area contributed by atoms with Crippen LogP contribution in [0.4, 0.5) is 11.4 Å². The van der Waals surface area contributed by atoms with Crippen LogP contribution < -0.4 is 16.0 Å². The van der Waals surface area contributed by atoms with Crippen LogP contribution in [-0.4, -0.2) is 18.4 Å². The van der Waals surface area contributed by atoms with Crippen molar-refractivity contribution in [3.63, 3.8) is 0 Å². The van der Waals surface area contributed by atoms with Gasteiger partial charge in [-0.2, -0.15) is 8.42 Å². The fraction of sp³-hybridized carbons (Fsp3) is 0. The number of hydrogen-bond acceptors (Lipinski definition) is 6. The molecule has 100 valence electrons. The summed E-state index contributed by atoms with van der Waals surface area (Å²) in [6.45, 7) is 0. The van der Waals surface area contributed by atoms with Crippen molar-refractivity contribution in [2.24, 2.45) is 5.84 Å². The first-order valence-electron chi connectivity index (χ1n) is 5.08. The van der Waals surface area contributed by atoms with Gasteiger partial charge in [-0.3, -0.25) is 15.5 Å². The number of pyridine rings is 2. The number of nitrogens with zero attached hydrogens (tertiary/aromatic N) is 2. The molecule has 0 aliphatic rings. The maximum Gasteiger partial charge on any atom is 0.281 e. The minimum Gasteiger partial charge on any atom is -0.321 e. The number of sulfonamides is 1. The van der Waals surface area contributed by atoms with Crippen LogP contribution in [-0.2, 0) is 10.0 Å². The number of hydrazine groups is 1. The molecule has 0 saturated carbocycles. The lowest BCUT2D eigenvalue weighted by molar-refractivity contribution is 0.598. The SMILES string of the molecule is NNc1cccnc1S(=O)(=O)Nc1ccncc1Br. The smallest absolute Gasteiger partial charge is 0.281 e. The molecule has 19 heavy (non-hydrogen) atoms. The minimum atomic E-state index is -3.84. The van der Waals surface area contributed by atoms with Crippen LogP contribution in [0.2, 0.25) is 0 Å². The van der Waals surface area contributed by atoms with Gasteiger partial charge < -0.3 is 5.43 Å². The fourth-order valence-corrected chi connectivity index (χ4v) is 3.03. The lowest BCUT2D eigenvalue weighted by atomic mass is 10.4. The van der Waals surface area contributed by atoms with E-state index in [1.807, 2.05) is 0 Å². The van der Waals surface area contributed by atoms with Gasteiger partial charge in [-0.05, 0) is 34.1 Å². The molecule has 0 amide bonds.